The van der Waals surface area contributed by atoms with Gasteiger partial charge in [-0.1, -0.05) is 11.6 Å². The zero-order chi connectivity index (χ0) is 13.3. The van der Waals surface area contributed by atoms with Crippen molar-refractivity contribution in [3.05, 3.63) is 11.2 Å². The van der Waals surface area contributed by atoms with Gasteiger partial charge in [-0.25, -0.2) is 13.1 Å². The van der Waals surface area contributed by atoms with Gasteiger partial charge in [0.05, 0.1) is 11.2 Å². The van der Waals surface area contributed by atoms with Crippen LogP contribution in [-0.2, 0) is 17.1 Å². The fourth-order valence-electron chi connectivity index (χ4n) is 2.16. The summed E-state index contributed by atoms with van der Waals surface area (Å²) in [6, 6.07) is -0.00440. The molecule has 0 aliphatic carbocycles. The minimum absolute atomic E-state index is 0.0157. The number of halogens is 1. The Balaban J connectivity index is 2.22. The van der Waals surface area contributed by atoms with E-state index in [0.29, 0.717) is 0 Å². The van der Waals surface area contributed by atoms with E-state index in [-0.39, 0.29) is 22.1 Å². The Morgan fingerprint density at radius 2 is 2.33 bits per heavy atom. The lowest BCUT2D eigenvalue weighted by Gasteiger charge is -2.30. The van der Waals surface area contributed by atoms with Gasteiger partial charge in [-0.2, -0.15) is 5.10 Å². The molecule has 2 unspecified atom stereocenters. The van der Waals surface area contributed by atoms with Gasteiger partial charge >= 0.3 is 0 Å². The van der Waals surface area contributed by atoms with Gasteiger partial charge in [0.1, 0.15) is 0 Å². The van der Waals surface area contributed by atoms with Crippen molar-refractivity contribution >= 4 is 21.6 Å². The topological polar surface area (TPSA) is 76.0 Å². The number of sulfonamides is 1. The van der Waals surface area contributed by atoms with E-state index < -0.39 is 10.0 Å². The molecule has 0 bridgehead atoms. The molecule has 2 N–H and O–H groups in total. The quantitative estimate of drug-likeness (QED) is 0.850. The first-order valence-corrected chi connectivity index (χ1v) is 7.71. The Hall–Kier alpha value is -0.630. The monoisotopic (exact) mass is 292 g/mol. The first kappa shape index (κ1) is 13.8. The third kappa shape index (κ3) is 2.69. The number of aromatic nitrogens is 2. The predicted molar refractivity (Wildman–Crippen MR) is 69.0 cm³/mol. The largest absolute Gasteiger partial charge is 0.313 e. The molecule has 1 aromatic rings. The van der Waals surface area contributed by atoms with Crippen LogP contribution in [0, 0.1) is 0 Å². The molecule has 6 nitrogen and oxygen atoms in total. The van der Waals surface area contributed by atoms with E-state index in [1.807, 2.05) is 6.92 Å². The van der Waals surface area contributed by atoms with Crippen molar-refractivity contribution in [3.8, 4) is 0 Å². The molecule has 102 valence electrons. The van der Waals surface area contributed by atoms with Crippen molar-refractivity contribution < 1.29 is 8.42 Å². The van der Waals surface area contributed by atoms with Crippen LogP contribution < -0.4 is 10.0 Å². The van der Waals surface area contributed by atoms with E-state index in [2.05, 4.69) is 15.1 Å². The van der Waals surface area contributed by atoms with Crippen LogP contribution in [0.4, 0.5) is 0 Å². The summed E-state index contributed by atoms with van der Waals surface area (Å²) in [5.41, 5.74) is 0. The molecule has 0 amide bonds. The van der Waals surface area contributed by atoms with Gasteiger partial charge in [0.15, 0.2) is 5.03 Å². The average Bonchev–Trinajstić information content (AvgIpc) is 2.62. The minimum atomic E-state index is -3.63. The first-order valence-electron chi connectivity index (χ1n) is 5.85. The molecule has 8 heteroatoms. The zero-order valence-corrected chi connectivity index (χ0v) is 11.9. The Kier molecular flexibility index (Phi) is 3.96. The van der Waals surface area contributed by atoms with Crippen molar-refractivity contribution in [1.29, 1.82) is 0 Å². The Morgan fingerprint density at radius 1 is 1.61 bits per heavy atom. The van der Waals surface area contributed by atoms with Crippen molar-refractivity contribution in [3.63, 3.8) is 0 Å². The summed E-state index contributed by atoms with van der Waals surface area (Å²) in [4.78, 5) is 0. The number of aryl methyl sites for hydroxylation is 1. The van der Waals surface area contributed by atoms with Gasteiger partial charge in [-0.05, 0) is 26.3 Å². The molecule has 2 rings (SSSR count). The first-order chi connectivity index (χ1) is 8.42. The zero-order valence-electron chi connectivity index (χ0n) is 10.4. The summed E-state index contributed by atoms with van der Waals surface area (Å²) in [5.74, 6) is 0. The van der Waals surface area contributed by atoms with Gasteiger partial charge in [-0.3, -0.25) is 4.68 Å². The SMILES string of the molecule is CC1NCCCC1NS(=O)(=O)c1c(Cl)cnn1C. The second-order valence-corrected chi connectivity index (χ2v) is 6.57. The highest BCUT2D eigenvalue weighted by Crippen LogP contribution is 2.21. The van der Waals surface area contributed by atoms with Crippen molar-refractivity contribution in [2.45, 2.75) is 36.9 Å². The Morgan fingerprint density at radius 3 is 2.89 bits per heavy atom. The van der Waals surface area contributed by atoms with E-state index in [4.69, 9.17) is 11.6 Å². The Labute approximate surface area is 112 Å². The van der Waals surface area contributed by atoms with Gasteiger partial charge in [0.2, 0.25) is 0 Å². The van der Waals surface area contributed by atoms with Crippen LogP contribution in [0.15, 0.2) is 11.2 Å². The van der Waals surface area contributed by atoms with E-state index in [1.54, 1.807) is 7.05 Å². The van der Waals surface area contributed by atoms with Crippen LogP contribution in [-0.4, -0.2) is 36.8 Å². The molecule has 0 radical (unpaired) electrons. The third-order valence-corrected chi connectivity index (χ3v) is 5.16. The highest BCUT2D eigenvalue weighted by atomic mass is 35.5. The van der Waals surface area contributed by atoms with Gasteiger partial charge in [0, 0.05) is 19.1 Å². The summed E-state index contributed by atoms with van der Waals surface area (Å²) < 4.78 is 28.5. The maximum Gasteiger partial charge on any atom is 0.259 e. The minimum Gasteiger partial charge on any atom is -0.313 e. The molecule has 0 saturated carbocycles. The van der Waals surface area contributed by atoms with E-state index in [9.17, 15) is 8.42 Å². The normalized spacial score (nSPS) is 25.3. The smallest absolute Gasteiger partial charge is 0.259 e. The molecule has 2 atom stereocenters. The molecule has 0 spiro atoms. The number of nitrogens with one attached hydrogen (secondary N) is 2. The fraction of sp³-hybridized carbons (Fsp3) is 0.700. The van der Waals surface area contributed by atoms with Gasteiger partial charge in [-0.15, -0.1) is 0 Å². The summed E-state index contributed by atoms with van der Waals surface area (Å²) in [6.45, 7) is 2.89. The van der Waals surface area contributed by atoms with Crippen LogP contribution in [0.25, 0.3) is 0 Å². The van der Waals surface area contributed by atoms with Gasteiger partial charge in [0.25, 0.3) is 10.0 Å². The lowest BCUT2D eigenvalue weighted by atomic mass is 10.0. The van der Waals surface area contributed by atoms with Crippen LogP contribution in [0.3, 0.4) is 0 Å². The summed E-state index contributed by atoms with van der Waals surface area (Å²) in [5, 5.41) is 7.25. The highest BCUT2D eigenvalue weighted by Gasteiger charge is 2.29. The van der Waals surface area contributed by atoms with E-state index in [0.717, 1.165) is 19.4 Å². The lowest BCUT2D eigenvalue weighted by molar-refractivity contribution is 0.348. The second kappa shape index (κ2) is 5.16. The number of hydrogen-bond acceptors (Lipinski definition) is 4. The van der Waals surface area contributed by atoms with Crippen LogP contribution in [0.5, 0.6) is 0 Å². The maximum atomic E-state index is 12.3. The molecule has 2 heterocycles. The third-order valence-electron chi connectivity index (χ3n) is 3.17. The summed E-state index contributed by atoms with van der Waals surface area (Å²) in [6.07, 6.45) is 3.11. The molecular weight excluding hydrogens is 276 g/mol. The van der Waals surface area contributed by atoms with Crippen LogP contribution in [0.2, 0.25) is 5.02 Å². The van der Waals surface area contributed by atoms with Crippen molar-refractivity contribution in [2.24, 2.45) is 7.05 Å². The number of hydrogen-bond donors (Lipinski definition) is 2. The molecule has 1 fully saturated rings. The fourth-order valence-corrected chi connectivity index (χ4v) is 4.17. The second-order valence-electron chi connectivity index (χ2n) is 4.53. The van der Waals surface area contributed by atoms with Crippen LogP contribution >= 0.6 is 11.6 Å². The molecule has 0 aromatic carbocycles. The molecule has 1 aliphatic rings. The summed E-state index contributed by atoms with van der Waals surface area (Å²) in [7, 11) is -2.07. The van der Waals surface area contributed by atoms with Crippen molar-refractivity contribution in [2.75, 3.05) is 6.54 Å². The van der Waals surface area contributed by atoms with E-state index in [1.165, 1.54) is 10.9 Å². The molecular formula is C10H17ClN4O2S. The number of nitrogens with zero attached hydrogens (tertiary/aromatic N) is 2. The number of piperidine rings is 1. The van der Waals surface area contributed by atoms with Gasteiger partial charge < -0.3 is 5.32 Å². The predicted octanol–water partition coefficient (Wildman–Crippen LogP) is 0.492. The molecule has 1 saturated heterocycles. The summed E-state index contributed by atoms with van der Waals surface area (Å²) >= 11 is 5.87. The van der Waals surface area contributed by atoms with Crippen LogP contribution in [0.1, 0.15) is 19.8 Å². The van der Waals surface area contributed by atoms with E-state index >= 15 is 0 Å². The standard InChI is InChI=1S/C10H17ClN4O2S/c1-7-9(4-3-5-12-7)14-18(16,17)10-8(11)6-13-15(10)2/h6-7,9,12,14H,3-5H2,1-2H3. The Bertz CT molecular complexity index is 508. The number of rotatable bonds is 3. The van der Waals surface area contributed by atoms with Crippen molar-refractivity contribution in [1.82, 2.24) is 19.8 Å². The lowest BCUT2D eigenvalue weighted by Crippen LogP contribution is -2.52. The average molecular weight is 293 g/mol. The maximum absolute atomic E-state index is 12.3. The molecule has 1 aromatic heterocycles. The molecule has 1 aliphatic heterocycles. The molecule has 18 heavy (non-hydrogen) atoms. The highest BCUT2D eigenvalue weighted by molar-refractivity contribution is 7.89.